The highest BCUT2D eigenvalue weighted by Crippen LogP contribution is 2.12. The molecule has 0 spiro atoms. The molecule has 0 aromatic rings. The van der Waals surface area contributed by atoms with E-state index in [0.29, 0.717) is 25.8 Å². The van der Waals surface area contributed by atoms with Crippen LogP contribution in [0.5, 0.6) is 0 Å². The van der Waals surface area contributed by atoms with E-state index in [1.165, 1.54) is 51.4 Å². The molecule has 1 unspecified atom stereocenters. The molecule has 0 aliphatic carbocycles. The molecule has 24 heavy (non-hydrogen) atoms. The summed E-state index contributed by atoms with van der Waals surface area (Å²) in [6.45, 7) is 2.68. The van der Waals surface area contributed by atoms with Crippen molar-refractivity contribution in [1.29, 1.82) is 0 Å². The summed E-state index contributed by atoms with van der Waals surface area (Å²) < 4.78 is 0. The highest BCUT2D eigenvalue weighted by atomic mass is 16.4. The van der Waals surface area contributed by atoms with Crippen LogP contribution < -0.4 is 11.1 Å². The van der Waals surface area contributed by atoms with Crippen molar-refractivity contribution >= 4 is 11.9 Å². The predicted octanol–water partition coefficient (Wildman–Crippen LogP) is 4.00. The number of carbonyl (C=O) groups excluding carboxylic acids is 1. The monoisotopic (exact) mass is 342 g/mol. The number of hydrogen-bond acceptors (Lipinski definition) is 3. The van der Waals surface area contributed by atoms with Crippen LogP contribution in [0.3, 0.4) is 0 Å². The van der Waals surface area contributed by atoms with Crippen LogP contribution in [-0.4, -0.2) is 29.6 Å². The average Bonchev–Trinajstić information content (AvgIpc) is 2.56. The summed E-state index contributed by atoms with van der Waals surface area (Å²) in [5.74, 6) is -1.13. The number of unbranched alkanes of at least 4 members (excludes halogenated alkanes) is 10. The van der Waals surface area contributed by atoms with E-state index >= 15 is 0 Å². The van der Waals surface area contributed by atoms with Crippen LogP contribution in [0.4, 0.5) is 0 Å². The molecular formula is C19H38N2O3. The van der Waals surface area contributed by atoms with Crippen LogP contribution >= 0.6 is 0 Å². The van der Waals surface area contributed by atoms with Crippen molar-refractivity contribution in [2.24, 2.45) is 5.73 Å². The zero-order valence-corrected chi connectivity index (χ0v) is 15.5. The summed E-state index contributed by atoms with van der Waals surface area (Å²) in [5, 5.41) is 11.6. The van der Waals surface area contributed by atoms with Gasteiger partial charge >= 0.3 is 5.97 Å². The largest absolute Gasteiger partial charge is 0.480 e. The second-order valence-corrected chi connectivity index (χ2v) is 6.67. The van der Waals surface area contributed by atoms with Gasteiger partial charge in [-0.1, -0.05) is 71.1 Å². The van der Waals surface area contributed by atoms with E-state index in [9.17, 15) is 9.59 Å². The van der Waals surface area contributed by atoms with Crippen molar-refractivity contribution in [3.8, 4) is 0 Å². The van der Waals surface area contributed by atoms with E-state index < -0.39 is 12.0 Å². The number of amides is 1. The lowest BCUT2D eigenvalue weighted by molar-refractivity contribution is -0.142. The fourth-order valence-corrected chi connectivity index (χ4v) is 2.80. The number of aliphatic carboxylic acids is 1. The van der Waals surface area contributed by atoms with Crippen LogP contribution in [0.2, 0.25) is 0 Å². The number of carboxylic acid groups (broad SMARTS) is 1. The lowest BCUT2D eigenvalue weighted by Crippen LogP contribution is -2.40. The molecule has 0 fully saturated rings. The van der Waals surface area contributed by atoms with Gasteiger partial charge < -0.3 is 16.2 Å². The SMILES string of the molecule is CCCCCCCCCCCCCC(=O)NC(CCCN)C(=O)O. The minimum absolute atomic E-state index is 0.157. The Bertz CT molecular complexity index is 322. The lowest BCUT2D eigenvalue weighted by Gasteiger charge is -2.13. The van der Waals surface area contributed by atoms with Crippen LogP contribution in [0.15, 0.2) is 0 Å². The Morgan fingerprint density at radius 1 is 0.875 bits per heavy atom. The number of hydrogen-bond donors (Lipinski definition) is 3. The highest BCUT2D eigenvalue weighted by molar-refractivity contribution is 5.83. The Balaban J connectivity index is 3.49. The van der Waals surface area contributed by atoms with Gasteiger partial charge in [-0.05, 0) is 25.8 Å². The molecule has 1 amide bonds. The maximum atomic E-state index is 11.8. The third-order valence-corrected chi connectivity index (χ3v) is 4.34. The average molecular weight is 343 g/mol. The van der Waals surface area contributed by atoms with Gasteiger partial charge in [0.2, 0.25) is 5.91 Å². The molecule has 4 N–H and O–H groups in total. The standard InChI is InChI=1S/C19H38N2O3/c1-2-3-4-5-6-7-8-9-10-11-12-15-18(22)21-17(19(23)24)14-13-16-20/h17H,2-16,20H2,1H3,(H,21,22)(H,23,24). The summed E-state index contributed by atoms with van der Waals surface area (Å²) in [6.07, 6.45) is 15.1. The van der Waals surface area contributed by atoms with Crippen LogP contribution in [0.1, 0.15) is 96.8 Å². The summed E-state index contributed by atoms with van der Waals surface area (Å²) >= 11 is 0. The van der Waals surface area contributed by atoms with Crippen molar-refractivity contribution in [3.63, 3.8) is 0 Å². The van der Waals surface area contributed by atoms with Gasteiger partial charge in [-0.15, -0.1) is 0 Å². The molecule has 1 atom stereocenters. The molecule has 0 rings (SSSR count). The first-order chi connectivity index (χ1) is 11.6. The Morgan fingerprint density at radius 2 is 1.38 bits per heavy atom. The number of rotatable bonds is 17. The molecule has 142 valence electrons. The van der Waals surface area contributed by atoms with Gasteiger partial charge in [0.05, 0.1) is 0 Å². The Morgan fingerprint density at radius 3 is 1.83 bits per heavy atom. The van der Waals surface area contributed by atoms with Gasteiger partial charge in [-0.2, -0.15) is 0 Å². The van der Waals surface area contributed by atoms with Crippen LogP contribution in [-0.2, 0) is 9.59 Å². The van der Waals surface area contributed by atoms with E-state index in [1.54, 1.807) is 0 Å². The Hall–Kier alpha value is -1.10. The van der Waals surface area contributed by atoms with E-state index in [0.717, 1.165) is 19.3 Å². The maximum absolute atomic E-state index is 11.8. The molecule has 5 heteroatoms. The molecule has 0 aromatic carbocycles. The maximum Gasteiger partial charge on any atom is 0.326 e. The zero-order valence-electron chi connectivity index (χ0n) is 15.5. The first-order valence-electron chi connectivity index (χ1n) is 9.84. The lowest BCUT2D eigenvalue weighted by atomic mass is 10.0. The van der Waals surface area contributed by atoms with E-state index in [1.807, 2.05) is 0 Å². The fourth-order valence-electron chi connectivity index (χ4n) is 2.80. The molecule has 0 bridgehead atoms. The smallest absolute Gasteiger partial charge is 0.326 e. The molecule has 0 saturated carbocycles. The normalized spacial score (nSPS) is 12.1. The number of carbonyl (C=O) groups is 2. The molecule has 0 aliphatic heterocycles. The van der Waals surface area contributed by atoms with Gasteiger partial charge in [-0.25, -0.2) is 4.79 Å². The second-order valence-electron chi connectivity index (χ2n) is 6.67. The highest BCUT2D eigenvalue weighted by Gasteiger charge is 2.18. The topological polar surface area (TPSA) is 92.4 Å². The molecule has 0 radical (unpaired) electrons. The van der Waals surface area contributed by atoms with Gasteiger partial charge in [0.25, 0.3) is 0 Å². The number of carboxylic acids is 1. The van der Waals surface area contributed by atoms with Crippen molar-refractivity contribution in [2.75, 3.05) is 6.54 Å². The van der Waals surface area contributed by atoms with E-state index in [4.69, 9.17) is 10.8 Å². The van der Waals surface area contributed by atoms with Crippen molar-refractivity contribution in [1.82, 2.24) is 5.32 Å². The quantitative estimate of drug-likeness (QED) is 0.348. The van der Waals surface area contributed by atoms with Gasteiger partial charge in [0.1, 0.15) is 6.04 Å². The third kappa shape index (κ3) is 14.5. The summed E-state index contributed by atoms with van der Waals surface area (Å²) in [6, 6.07) is -0.797. The third-order valence-electron chi connectivity index (χ3n) is 4.34. The van der Waals surface area contributed by atoms with Crippen molar-refractivity contribution in [2.45, 2.75) is 103 Å². The number of nitrogens with one attached hydrogen (secondary N) is 1. The molecular weight excluding hydrogens is 304 g/mol. The first-order valence-corrected chi connectivity index (χ1v) is 9.84. The Kier molecular flexibility index (Phi) is 16.0. The fraction of sp³-hybridized carbons (Fsp3) is 0.895. The van der Waals surface area contributed by atoms with Crippen molar-refractivity contribution in [3.05, 3.63) is 0 Å². The van der Waals surface area contributed by atoms with Gasteiger partial charge in [0, 0.05) is 6.42 Å². The summed E-state index contributed by atoms with van der Waals surface area (Å²) in [5.41, 5.74) is 5.38. The van der Waals surface area contributed by atoms with Crippen molar-refractivity contribution < 1.29 is 14.7 Å². The molecule has 0 saturated heterocycles. The summed E-state index contributed by atoms with van der Waals surface area (Å²) in [4.78, 5) is 22.8. The number of nitrogens with two attached hydrogens (primary N) is 1. The molecule has 0 aromatic heterocycles. The van der Waals surface area contributed by atoms with Crippen LogP contribution in [0.25, 0.3) is 0 Å². The van der Waals surface area contributed by atoms with Gasteiger partial charge in [0.15, 0.2) is 0 Å². The van der Waals surface area contributed by atoms with E-state index in [2.05, 4.69) is 12.2 Å². The predicted molar refractivity (Wildman–Crippen MR) is 98.9 cm³/mol. The minimum atomic E-state index is -0.976. The first kappa shape index (κ1) is 22.9. The Labute approximate surface area is 147 Å². The molecule has 0 heterocycles. The van der Waals surface area contributed by atoms with Crippen LogP contribution in [0, 0.1) is 0 Å². The minimum Gasteiger partial charge on any atom is -0.480 e. The molecule has 0 aliphatic rings. The van der Waals surface area contributed by atoms with E-state index in [-0.39, 0.29) is 5.91 Å². The summed E-state index contributed by atoms with van der Waals surface area (Å²) in [7, 11) is 0. The second kappa shape index (κ2) is 16.7. The molecule has 5 nitrogen and oxygen atoms in total. The van der Waals surface area contributed by atoms with Gasteiger partial charge in [-0.3, -0.25) is 4.79 Å². The zero-order chi connectivity index (χ0) is 18.0.